The molecule has 21 heavy (non-hydrogen) atoms. The second kappa shape index (κ2) is 12.2. The van der Waals surface area contributed by atoms with Gasteiger partial charge in [0.15, 0.2) is 0 Å². The molecule has 1 aromatic rings. The van der Waals surface area contributed by atoms with E-state index in [1.807, 2.05) is 0 Å². The maximum Gasteiger partial charge on any atom is 0.335 e. The third kappa shape index (κ3) is 8.84. The smallest absolute Gasteiger partial charge is 0.335 e. The molecule has 0 amide bonds. The van der Waals surface area contributed by atoms with E-state index in [1.165, 1.54) is 37.7 Å². The lowest BCUT2D eigenvalue weighted by Crippen LogP contribution is -2.24. The van der Waals surface area contributed by atoms with Crippen molar-refractivity contribution in [1.82, 2.24) is 0 Å². The Bertz CT molecular complexity index is 392. The first-order valence-corrected chi connectivity index (χ1v) is 12.9. The van der Waals surface area contributed by atoms with Gasteiger partial charge in [-0.05, 0) is 31.4 Å². The highest BCUT2D eigenvalue weighted by molar-refractivity contribution is 14.2. The highest BCUT2D eigenvalue weighted by Gasteiger charge is 2.23. The van der Waals surface area contributed by atoms with Crippen molar-refractivity contribution in [2.24, 2.45) is 0 Å². The van der Waals surface area contributed by atoms with E-state index in [0.717, 1.165) is 6.42 Å². The zero-order chi connectivity index (χ0) is 15.5. The average Bonchev–Trinajstić information content (AvgIpc) is 2.50. The molecule has 1 N–H and O–H groups in total. The third-order valence-corrected chi connectivity index (χ3v) is 4.88. The van der Waals surface area contributed by atoms with E-state index >= 15 is 0 Å². The molecule has 1 aromatic carbocycles. The quantitative estimate of drug-likeness (QED) is 0.372. The summed E-state index contributed by atoms with van der Waals surface area (Å²) in [6.07, 6.45) is 5.43. The molecule has 0 aliphatic heterocycles. The number of carboxylic acid groups (broad SMARTS) is 1. The molecule has 2 rings (SSSR count). The lowest BCUT2D eigenvalue weighted by atomic mass is 9.95. The number of carboxylic acids is 1. The van der Waals surface area contributed by atoms with Crippen molar-refractivity contribution >= 4 is 66.8 Å². The number of benzene rings is 1. The van der Waals surface area contributed by atoms with Crippen LogP contribution in [0.4, 0.5) is 0 Å². The van der Waals surface area contributed by atoms with Gasteiger partial charge in [0.25, 0.3) is 0 Å². The Morgan fingerprint density at radius 1 is 1.10 bits per heavy atom. The highest BCUT2D eigenvalue weighted by Crippen LogP contribution is 2.31. The first-order valence-electron chi connectivity index (χ1n) is 6.33. The summed E-state index contributed by atoms with van der Waals surface area (Å²) >= 11 is 4.33. The number of hydrogen-bond donors (Lipinski definition) is 1. The van der Waals surface area contributed by atoms with Crippen molar-refractivity contribution in [2.45, 2.75) is 37.9 Å². The normalized spacial score (nSPS) is 21.2. The molecule has 1 fully saturated rings. The zero-order valence-corrected chi connectivity index (χ0v) is 17.1. The van der Waals surface area contributed by atoms with E-state index in [4.69, 9.17) is 13.5 Å². The summed E-state index contributed by atoms with van der Waals surface area (Å²) in [6.45, 7) is 0. The van der Waals surface area contributed by atoms with Crippen molar-refractivity contribution in [2.75, 3.05) is 0 Å². The summed E-state index contributed by atoms with van der Waals surface area (Å²) in [5.74, 6) is -0.879. The Morgan fingerprint density at radius 2 is 1.62 bits per heavy atom. The van der Waals surface area contributed by atoms with Crippen LogP contribution in [-0.2, 0) is 8.37 Å². The van der Waals surface area contributed by atoms with Gasteiger partial charge in [-0.2, -0.15) is 0 Å². The predicted molar refractivity (Wildman–Crippen MR) is 105 cm³/mol. The van der Waals surface area contributed by atoms with Crippen LogP contribution < -0.4 is 0 Å². The molecular formula is C13H16I2O4S2. The summed E-state index contributed by atoms with van der Waals surface area (Å²) in [5.41, 5.74) is 0.331. The molecule has 0 radical (unpaired) electrons. The first kappa shape index (κ1) is 19.8. The predicted octanol–water partition coefficient (Wildman–Crippen LogP) is 5.71. The van der Waals surface area contributed by atoms with Crippen LogP contribution in [0.5, 0.6) is 0 Å². The van der Waals surface area contributed by atoms with Crippen LogP contribution in [0.1, 0.15) is 36.0 Å². The van der Waals surface area contributed by atoms with Crippen LogP contribution in [0.2, 0.25) is 0 Å². The molecule has 2 unspecified atom stereocenters. The molecule has 1 aliphatic carbocycles. The zero-order valence-electron chi connectivity index (χ0n) is 11.1. The molecule has 0 heterocycles. The summed E-state index contributed by atoms with van der Waals surface area (Å²) in [4.78, 5) is 10.2. The maximum absolute atomic E-state index is 10.2. The first-order chi connectivity index (χ1) is 10.2. The fourth-order valence-electron chi connectivity index (χ4n) is 1.96. The van der Waals surface area contributed by atoms with Crippen LogP contribution in [-0.4, -0.2) is 23.3 Å². The van der Waals surface area contributed by atoms with Crippen LogP contribution in [0.15, 0.2) is 30.3 Å². The second-order valence-corrected chi connectivity index (χ2v) is 7.19. The summed E-state index contributed by atoms with van der Waals surface area (Å²) < 4.78 is 10.9. The van der Waals surface area contributed by atoms with Gasteiger partial charge in [-0.1, -0.05) is 18.2 Å². The molecule has 0 aromatic heterocycles. The fourth-order valence-corrected chi connectivity index (χ4v) is 4.28. The number of halogens is 2. The van der Waals surface area contributed by atoms with Gasteiger partial charge in [0.2, 0.25) is 0 Å². The average molecular weight is 554 g/mol. The van der Waals surface area contributed by atoms with Gasteiger partial charge < -0.3 is 13.5 Å². The van der Waals surface area contributed by atoms with Gasteiger partial charge in [-0.3, -0.25) is 0 Å². The van der Waals surface area contributed by atoms with Gasteiger partial charge in [-0.15, -0.1) is 0 Å². The molecule has 1 saturated carbocycles. The van der Waals surface area contributed by atoms with E-state index in [9.17, 15) is 4.79 Å². The van der Waals surface area contributed by atoms with E-state index in [2.05, 4.69) is 42.4 Å². The minimum atomic E-state index is -0.879. The minimum Gasteiger partial charge on any atom is -0.478 e. The van der Waals surface area contributed by atoms with E-state index < -0.39 is 5.97 Å². The Kier molecular flexibility index (Phi) is 11.5. The molecule has 4 nitrogen and oxygen atoms in total. The van der Waals surface area contributed by atoms with Crippen LogP contribution >= 0.6 is 60.8 Å². The molecule has 0 spiro atoms. The summed E-state index contributed by atoms with van der Waals surface area (Å²) in [5, 5.41) is 8.38. The van der Waals surface area contributed by atoms with Gasteiger partial charge in [-0.25, -0.2) is 4.79 Å². The van der Waals surface area contributed by atoms with Crippen LogP contribution in [0.3, 0.4) is 0 Å². The number of hydrogen-bond acceptors (Lipinski definition) is 5. The molecule has 118 valence electrons. The molecule has 0 saturated heterocycles. The topological polar surface area (TPSA) is 55.8 Å². The Balaban J connectivity index is 0.000000219. The summed E-state index contributed by atoms with van der Waals surface area (Å²) in [6, 6.07) is 8.30. The van der Waals surface area contributed by atoms with E-state index in [0.29, 0.717) is 17.8 Å². The number of rotatable bonds is 5. The fraction of sp³-hybridized carbons (Fsp3) is 0.462. The van der Waals surface area contributed by atoms with Gasteiger partial charge in [0.1, 0.15) is 0 Å². The molecule has 0 bridgehead atoms. The van der Waals surface area contributed by atoms with Gasteiger partial charge >= 0.3 is 5.97 Å². The van der Waals surface area contributed by atoms with Crippen LogP contribution in [0, 0.1) is 0 Å². The highest BCUT2D eigenvalue weighted by atomic mass is 127. The lowest BCUT2D eigenvalue weighted by molar-refractivity contribution is 0.0696. The minimum absolute atomic E-state index is 0.331. The van der Waals surface area contributed by atoms with Crippen molar-refractivity contribution in [1.29, 1.82) is 0 Å². The van der Waals surface area contributed by atoms with Crippen molar-refractivity contribution in [3.8, 4) is 0 Å². The standard InChI is InChI=1S/C7H6O2.C6H10I2O2S2/c8-7(9)6-4-2-1-3-5-6;7-11-9-5-2-1-3-6(4-5)10-12-8/h1-5H,(H,8,9);5-6H,1-4H2. The monoisotopic (exact) mass is 554 g/mol. The summed E-state index contributed by atoms with van der Waals surface area (Å²) in [7, 11) is 2.87. The van der Waals surface area contributed by atoms with Gasteiger partial charge in [0.05, 0.1) is 36.2 Å². The Labute approximate surface area is 157 Å². The molecule has 2 atom stereocenters. The van der Waals surface area contributed by atoms with E-state index in [-0.39, 0.29) is 0 Å². The Hall–Kier alpha value is 0.770. The SMILES string of the molecule is ISOC1CCCC(OSI)C1.O=C(O)c1ccccc1. The molecule has 8 heteroatoms. The molecule has 1 aliphatic rings. The number of aromatic carboxylic acids is 1. The van der Waals surface area contributed by atoms with Crippen molar-refractivity contribution in [3.63, 3.8) is 0 Å². The molecular weight excluding hydrogens is 538 g/mol. The lowest BCUT2D eigenvalue weighted by Gasteiger charge is -2.26. The van der Waals surface area contributed by atoms with E-state index in [1.54, 1.807) is 30.3 Å². The second-order valence-electron chi connectivity index (χ2n) is 4.40. The maximum atomic E-state index is 10.2. The van der Waals surface area contributed by atoms with Crippen molar-refractivity contribution < 1.29 is 18.3 Å². The largest absolute Gasteiger partial charge is 0.478 e. The number of carbonyl (C=O) groups is 1. The third-order valence-electron chi connectivity index (χ3n) is 2.94. The van der Waals surface area contributed by atoms with Gasteiger partial charge in [0, 0.05) is 48.8 Å². The van der Waals surface area contributed by atoms with Crippen molar-refractivity contribution in [3.05, 3.63) is 35.9 Å². The van der Waals surface area contributed by atoms with Crippen LogP contribution in [0.25, 0.3) is 0 Å². The Morgan fingerprint density at radius 3 is 2.00 bits per heavy atom.